The number of carbonyl (C=O) groups excluding carboxylic acids is 1. The Morgan fingerprint density at radius 1 is 1.02 bits per heavy atom. The molecule has 0 spiro atoms. The Balaban J connectivity index is 1.67. The third-order valence-corrected chi connectivity index (χ3v) is 7.20. The van der Waals surface area contributed by atoms with Crippen LogP contribution in [0.2, 0.25) is 5.02 Å². The maximum atomic E-state index is 13.6. The van der Waals surface area contributed by atoms with Gasteiger partial charge in [-0.2, -0.15) is 5.26 Å². The predicted molar refractivity (Wildman–Crippen MR) is 153 cm³/mol. The Bertz CT molecular complexity index is 1990. The van der Waals surface area contributed by atoms with Crippen LogP contribution in [-0.4, -0.2) is 15.4 Å². The summed E-state index contributed by atoms with van der Waals surface area (Å²) in [6.45, 7) is 0. The van der Waals surface area contributed by atoms with Crippen LogP contribution in [-0.2, 0) is 4.79 Å². The van der Waals surface area contributed by atoms with Crippen LogP contribution in [0.1, 0.15) is 5.76 Å². The molecule has 1 amide bonds. The van der Waals surface area contributed by atoms with Gasteiger partial charge < -0.3 is 9.73 Å². The lowest BCUT2D eigenvalue weighted by Crippen LogP contribution is -2.32. The van der Waals surface area contributed by atoms with E-state index < -0.39 is 16.4 Å². The number of amides is 1. The molecule has 2 aromatic heterocycles. The number of nitro groups is 1. The molecule has 1 N–H and O–H groups in total. The zero-order chi connectivity index (χ0) is 28.2. The number of nitriles is 1. The number of aromatic nitrogens is 1. The number of furan rings is 1. The molecule has 0 unspecified atom stereocenters. The van der Waals surface area contributed by atoms with E-state index in [2.05, 4.69) is 5.32 Å². The molecule has 11 heteroatoms. The first kappa shape index (κ1) is 26.4. The van der Waals surface area contributed by atoms with Crippen LogP contribution in [0.15, 0.2) is 100 Å². The number of nitro benzene ring substituents is 1. The molecule has 2 heterocycles. The Morgan fingerprint density at radius 3 is 2.45 bits per heavy atom. The average molecular weight is 569 g/mol. The summed E-state index contributed by atoms with van der Waals surface area (Å²) in [6, 6.07) is 26.4. The van der Waals surface area contributed by atoms with Gasteiger partial charge in [-0.3, -0.25) is 24.3 Å². The van der Waals surface area contributed by atoms with Crippen molar-refractivity contribution in [2.75, 3.05) is 5.32 Å². The average Bonchev–Trinajstić information content (AvgIpc) is 3.55. The summed E-state index contributed by atoms with van der Waals surface area (Å²) >= 11 is 7.11. The Kier molecular flexibility index (Phi) is 7.41. The van der Waals surface area contributed by atoms with Crippen molar-refractivity contribution in [3.63, 3.8) is 0 Å². The molecule has 0 aliphatic rings. The zero-order valence-corrected chi connectivity index (χ0v) is 22.0. The molecule has 3 aromatic carbocycles. The fourth-order valence-electron chi connectivity index (χ4n) is 3.95. The predicted octanol–water partition coefficient (Wildman–Crippen LogP) is 4.86. The number of halogens is 1. The van der Waals surface area contributed by atoms with E-state index in [1.807, 2.05) is 6.07 Å². The molecular weight excluding hydrogens is 552 g/mol. The molecule has 0 radical (unpaired) electrons. The van der Waals surface area contributed by atoms with Crippen molar-refractivity contribution in [2.45, 2.75) is 0 Å². The number of hydrogen-bond acceptors (Lipinski definition) is 7. The third-order valence-electron chi connectivity index (χ3n) is 5.78. The number of rotatable bonds is 6. The van der Waals surface area contributed by atoms with E-state index in [1.54, 1.807) is 84.9 Å². The molecule has 0 atom stereocenters. The van der Waals surface area contributed by atoms with Crippen molar-refractivity contribution in [1.29, 1.82) is 5.26 Å². The van der Waals surface area contributed by atoms with Gasteiger partial charge in [-0.15, -0.1) is 11.3 Å². The third kappa shape index (κ3) is 5.19. The van der Waals surface area contributed by atoms with Gasteiger partial charge in [0.1, 0.15) is 22.3 Å². The number of thiazole rings is 1. The van der Waals surface area contributed by atoms with Crippen LogP contribution in [0, 0.1) is 21.4 Å². The standard InChI is InChI=1S/C29H17ClN4O5S/c30-22-11-5-6-12-23(22)32-27(35)21(17-31)29-33(18-8-2-1-3-9-18)28(36)26(40-29)16-19-14-15-25(39-19)20-10-4-7-13-24(20)34(37)38/h1-16H,(H,32,35). The highest BCUT2D eigenvalue weighted by atomic mass is 35.5. The molecule has 0 saturated carbocycles. The van der Waals surface area contributed by atoms with Gasteiger partial charge in [0.25, 0.3) is 17.2 Å². The zero-order valence-electron chi connectivity index (χ0n) is 20.4. The van der Waals surface area contributed by atoms with Crippen molar-refractivity contribution in [3.8, 4) is 23.1 Å². The molecule has 0 aliphatic heterocycles. The van der Waals surface area contributed by atoms with Gasteiger partial charge >= 0.3 is 0 Å². The van der Waals surface area contributed by atoms with Crippen LogP contribution in [0.4, 0.5) is 11.4 Å². The summed E-state index contributed by atoms with van der Waals surface area (Å²) in [6.07, 6.45) is 1.47. The van der Waals surface area contributed by atoms with Gasteiger partial charge in [0, 0.05) is 12.1 Å². The largest absolute Gasteiger partial charge is 0.456 e. The van der Waals surface area contributed by atoms with E-state index in [-0.39, 0.29) is 37.5 Å². The lowest BCUT2D eigenvalue weighted by atomic mass is 10.1. The minimum atomic E-state index is -0.732. The second kappa shape index (κ2) is 11.2. The fourth-order valence-corrected chi connectivity index (χ4v) is 5.22. The molecule has 0 saturated heterocycles. The normalized spacial score (nSPS) is 12.1. The summed E-state index contributed by atoms with van der Waals surface area (Å²) in [5, 5.41) is 24.3. The molecule has 9 nitrogen and oxygen atoms in total. The first-order valence-electron chi connectivity index (χ1n) is 11.7. The summed E-state index contributed by atoms with van der Waals surface area (Å²) in [5.74, 6) is -0.218. The quantitative estimate of drug-likeness (QED) is 0.230. The number of para-hydroxylation sites is 3. The topological polar surface area (TPSA) is 131 Å². The minimum Gasteiger partial charge on any atom is -0.456 e. The minimum absolute atomic E-state index is 0.111. The molecule has 196 valence electrons. The number of carbonyl (C=O) groups is 1. The first-order valence-corrected chi connectivity index (χ1v) is 12.9. The summed E-state index contributed by atoms with van der Waals surface area (Å²) < 4.78 is 7.41. The highest BCUT2D eigenvalue weighted by Crippen LogP contribution is 2.31. The molecule has 0 fully saturated rings. The molecular formula is C29H17ClN4O5S. The fraction of sp³-hybridized carbons (Fsp3) is 0. The summed E-state index contributed by atoms with van der Waals surface area (Å²) in [7, 11) is 0. The van der Waals surface area contributed by atoms with Crippen LogP contribution < -0.4 is 20.1 Å². The van der Waals surface area contributed by atoms with Crippen LogP contribution in [0.3, 0.4) is 0 Å². The SMILES string of the molecule is N#CC(C(=O)Nc1ccccc1Cl)=c1sc(=Cc2ccc(-c3ccccc3[N+](=O)[O-])o2)c(=O)n1-c1ccccc1. The molecule has 0 aliphatic carbocycles. The van der Waals surface area contributed by atoms with E-state index in [9.17, 15) is 25.0 Å². The monoisotopic (exact) mass is 568 g/mol. The van der Waals surface area contributed by atoms with Gasteiger partial charge in [0.05, 0.1) is 31.4 Å². The maximum Gasteiger partial charge on any atom is 0.280 e. The van der Waals surface area contributed by atoms with Crippen molar-refractivity contribution >= 4 is 51.9 Å². The number of nitrogens with one attached hydrogen (secondary N) is 1. The lowest BCUT2D eigenvalue weighted by molar-refractivity contribution is -0.384. The van der Waals surface area contributed by atoms with E-state index in [4.69, 9.17) is 16.0 Å². The molecule has 0 bridgehead atoms. The van der Waals surface area contributed by atoms with E-state index >= 15 is 0 Å². The summed E-state index contributed by atoms with van der Waals surface area (Å²) in [4.78, 5) is 37.7. The van der Waals surface area contributed by atoms with Crippen molar-refractivity contribution in [3.05, 3.63) is 131 Å². The van der Waals surface area contributed by atoms with Crippen LogP contribution in [0.5, 0.6) is 0 Å². The first-order chi connectivity index (χ1) is 19.4. The molecule has 40 heavy (non-hydrogen) atoms. The Hall–Kier alpha value is -5.24. The van der Waals surface area contributed by atoms with Gasteiger partial charge in [-0.1, -0.05) is 54.1 Å². The van der Waals surface area contributed by atoms with Crippen molar-refractivity contribution in [1.82, 2.24) is 4.57 Å². The summed E-state index contributed by atoms with van der Waals surface area (Å²) in [5.41, 5.74) is 0.176. The number of hydrogen-bond donors (Lipinski definition) is 1. The number of anilines is 1. The van der Waals surface area contributed by atoms with Gasteiger partial charge in [0.15, 0.2) is 5.57 Å². The molecule has 5 rings (SSSR count). The van der Waals surface area contributed by atoms with E-state index in [1.165, 1.54) is 16.7 Å². The maximum absolute atomic E-state index is 13.6. The van der Waals surface area contributed by atoms with Gasteiger partial charge in [0.2, 0.25) is 0 Å². The molecule has 5 aromatic rings. The Labute approximate surface area is 235 Å². The van der Waals surface area contributed by atoms with Crippen LogP contribution in [0.25, 0.3) is 28.7 Å². The van der Waals surface area contributed by atoms with E-state index in [0.29, 0.717) is 16.4 Å². The Morgan fingerprint density at radius 2 is 1.73 bits per heavy atom. The highest BCUT2D eigenvalue weighted by Gasteiger charge is 2.19. The number of nitrogens with zero attached hydrogens (tertiary/aromatic N) is 3. The van der Waals surface area contributed by atoms with Gasteiger partial charge in [-0.25, -0.2) is 0 Å². The van der Waals surface area contributed by atoms with Crippen molar-refractivity contribution in [2.24, 2.45) is 0 Å². The van der Waals surface area contributed by atoms with Gasteiger partial charge in [-0.05, 0) is 42.5 Å². The second-order valence-corrected chi connectivity index (χ2v) is 9.73. The lowest BCUT2D eigenvalue weighted by Gasteiger charge is -2.07. The number of benzene rings is 3. The second-order valence-electron chi connectivity index (χ2n) is 8.29. The van der Waals surface area contributed by atoms with Crippen LogP contribution >= 0.6 is 22.9 Å². The smallest absolute Gasteiger partial charge is 0.280 e. The van der Waals surface area contributed by atoms with Crippen molar-refractivity contribution < 1.29 is 14.1 Å². The highest BCUT2D eigenvalue weighted by molar-refractivity contribution is 7.07. The van der Waals surface area contributed by atoms with E-state index in [0.717, 1.165) is 11.3 Å².